The number of rotatable bonds is 4. The Hall–Kier alpha value is -0.710. The molecule has 3 nitrogen and oxygen atoms in total. The van der Waals surface area contributed by atoms with E-state index in [0.717, 1.165) is 11.1 Å². The highest BCUT2D eigenvalue weighted by Gasteiger charge is 2.08. The average molecular weight is 260 g/mol. The lowest BCUT2D eigenvalue weighted by Crippen LogP contribution is -2.29. The summed E-state index contributed by atoms with van der Waals surface area (Å²) >= 11 is 4.90. The summed E-state index contributed by atoms with van der Waals surface area (Å²) in [6.07, 6.45) is 1.50. The summed E-state index contributed by atoms with van der Waals surface area (Å²) in [6.45, 7) is 2.32. The zero-order valence-electron chi connectivity index (χ0n) is 9.25. The number of halogens is 1. The van der Waals surface area contributed by atoms with Gasteiger partial charge in [0, 0.05) is 11.6 Å². The molecule has 88 valence electrons. The second-order valence-electron chi connectivity index (χ2n) is 3.59. The van der Waals surface area contributed by atoms with E-state index in [1.807, 2.05) is 25.1 Å². The Kier molecular flexibility index (Phi) is 5.12. The van der Waals surface area contributed by atoms with E-state index in [0.29, 0.717) is 11.6 Å². The van der Waals surface area contributed by atoms with Crippen molar-refractivity contribution in [2.24, 2.45) is 0 Å². The lowest BCUT2D eigenvalue weighted by atomic mass is 10.1. The van der Waals surface area contributed by atoms with Gasteiger partial charge in [-0.2, -0.15) is 0 Å². The monoisotopic (exact) mass is 259 g/mol. The summed E-state index contributed by atoms with van der Waals surface area (Å²) in [5.41, 5.74) is 1.94. The van der Waals surface area contributed by atoms with Crippen LogP contribution in [0.3, 0.4) is 0 Å². The van der Waals surface area contributed by atoms with E-state index in [9.17, 15) is 9.35 Å². The van der Waals surface area contributed by atoms with Crippen LogP contribution in [0.15, 0.2) is 18.2 Å². The Morgan fingerprint density at radius 3 is 2.81 bits per heavy atom. The Bertz CT molecular complexity index is 382. The Labute approximate surface area is 103 Å². The minimum Gasteiger partial charge on any atom is -0.616 e. The summed E-state index contributed by atoms with van der Waals surface area (Å²) in [5.74, 6) is -0.193. The molecule has 0 spiro atoms. The third-order valence-corrected chi connectivity index (χ3v) is 3.04. The average Bonchev–Trinajstić information content (AvgIpc) is 2.15. The third kappa shape index (κ3) is 4.43. The molecule has 1 N–H and O–H groups in total. The molecular weight excluding hydrogens is 246 g/mol. The van der Waals surface area contributed by atoms with Crippen molar-refractivity contribution in [2.45, 2.75) is 13.5 Å². The van der Waals surface area contributed by atoms with Crippen LogP contribution in [0, 0.1) is 6.92 Å². The second-order valence-corrected chi connectivity index (χ2v) is 5.43. The van der Waals surface area contributed by atoms with Gasteiger partial charge in [-0.3, -0.25) is 4.79 Å². The van der Waals surface area contributed by atoms with E-state index >= 15 is 0 Å². The summed E-state index contributed by atoms with van der Waals surface area (Å²) in [4.78, 5) is 11.3. The first kappa shape index (κ1) is 13.4. The predicted octanol–water partition coefficient (Wildman–Crippen LogP) is 1.64. The molecule has 0 aliphatic rings. The van der Waals surface area contributed by atoms with Crippen LogP contribution in [0.4, 0.5) is 0 Å². The highest BCUT2D eigenvalue weighted by Crippen LogP contribution is 2.17. The Balaban J connectivity index is 2.51. The highest BCUT2D eigenvalue weighted by molar-refractivity contribution is 7.91. The standard InChI is InChI=1S/C11H14ClNO2S/c1-8-3-4-9(10(12)5-8)6-13-11(14)7-16(2)15/h3-5H,6-7H2,1-2H3,(H,13,14). The number of carbonyl (C=O) groups is 1. The lowest BCUT2D eigenvalue weighted by Gasteiger charge is -2.08. The van der Waals surface area contributed by atoms with Gasteiger partial charge in [0.25, 0.3) is 5.91 Å². The first-order valence-electron chi connectivity index (χ1n) is 4.81. The van der Waals surface area contributed by atoms with Gasteiger partial charge in [-0.1, -0.05) is 23.7 Å². The van der Waals surface area contributed by atoms with Crippen molar-refractivity contribution < 1.29 is 9.35 Å². The molecule has 0 heterocycles. The van der Waals surface area contributed by atoms with Gasteiger partial charge in [-0.25, -0.2) is 0 Å². The van der Waals surface area contributed by atoms with Crippen LogP contribution < -0.4 is 5.32 Å². The Morgan fingerprint density at radius 2 is 2.25 bits per heavy atom. The van der Waals surface area contributed by atoms with Crippen molar-refractivity contribution in [1.29, 1.82) is 0 Å². The molecule has 1 aromatic carbocycles. The van der Waals surface area contributed by atoms with Gasteiger partial charge in [0.15, 0.2) is 5.75 Å². The molecule has 0 aliphatic heterocycles. The van der Waals surface area contributed by atoms with Gasteiger partial charge in [0.05, 0.1) is 6.26 Å². The molecule has 0 fully saturated rings. The number of hydrogen-bond donors (Lipinski definition) is 1. The molecule has 1 rings (SSSR count). The van der Waals surface area contributed by atoms with Crippen molar-refractivity contribution in [2.75, 3.05) is 12.0 Å². The number of nitrogens with one attached hydrogen (secondary N) is 1. The van der Waals surface area contributed by atoms with Crippen LogP contribution in [-0.4, -0.2) is 22.5 Å². The smallest absolute Gasteiger partial charge is 0.270 e. The summed E-state index contributed by atoms with van der Waals surface area (Å²) in [6, 6.07) is 5.66. The van der Waals surface area contributed by atoms with E-state index in [-0.39, 0.29) is 11.7 Å². The topological polar surface area (TPSA) is 52.2 Å². The van der Waals surface area contributed by atoms with Crippen LogP contribution in [0.5, 0.6) is 0 Å². The number of benzene rings is 1. The molecule has 1 aromatic rings. The van der Waals surface area contributed by atoms with Crippen molar-refractivity contribution in [3.63, 3.8) is 0 Å². The highest BCUT2D eigenvalue weighted by atomic mass is 35.5. The molecule has 16 heavy (non-hydrogen) atoms. The zero-order valence-corrected chi connectivity index (χ0v) is 10.8. The minimum absolute atomic E-state index is 0.0312. The first-order chi connectivity index (χ1) is 7.49. The first-order valence-corrected chi connectivity index (χ1v) is 6.91. The van der Waals surface area contributed by atoms with E-state index in [1.54, 1.807) is 0 Å². The van der Waals surface area contributed by atoms with Crippen LogP contribution in [0.25, 0.3) is 0 Å². The van der Waals surface area contributed by atoms with E-state index in [1.165, 1.54) is 6.26 Å². The van der Waals surface area contributed by atoms with Gasteiger partial charge in [0.2, 0.25) is 0 Å². The molecule has 0 saturated heterocycles. The lowest BCUT2D eigenvalue weighted by molar-refractivity contribution is -0.118. The largest absolute Gasteiger partial charge is 0.616 e. The normalized spacial score (nSPS) is 12.2. The van der Waals surface area contributed by atoms with Gasteiger partial charge >= 0.3 is 0 Å². The van der Waals surface area contributed by atoms with Crippen LogP contribution in [0.1, 0.15) is 11.1 Å². The Morgan fingerprint density at radius 1 is 1.56 bits per heavy atom. The van der Waals surface area contributed by atoms with Crippen molar-refractivity contribution in [3.05, 3.63) is 34.3 Å². The maximum atomic E-state index is 11.3. The van der Waals surface area contributed by atoms with Gasteiger partial charge < -0.3 is 9.87 Å². The van der Waals surface area contributed by atoms with Gasteiger partial charge in [-0.05, 0) is 35.3 Å². The van der Waals surface area contributed by atoms with E-state index in [2.05, 4.69) is 5.32 Å². The molecule has 0 bridgehead atoms. The van der Waals surface area contributed by atoms with E-state index < -0.39 is 11.2 Å². The molecular formula is C11H14ClNO2S. The van der Waals surface area contributed by atoms with Crippen molar-refractivity contribution >= 4 is 28.7 Å². The van der Waals surface area contributed by atoms with Crippen LogP contribution >= 0.6 is 11.6 Å². The fourth-order valence-corrected chi connectivity index (χ4v) is 2.00. The predicted molar refractivity (Wildman–Crippen MR) is 67.0 cm³/mol. The molecule has 0 aromatic heterocycles. The fourth-order valence-electron chi connectivity index (χ4n) is 1.23. The van der Waals surface area contributed by atoms with Gasteiger partial charge in [0.1, 0.15) is 0 Å². The summed E-state index contributed by atoms with van der Waals surface area (Å²) in [7, 11) is 0. The quantitative estimate of drug-likeness (QED) is 0.836. The molecule has 0 saturated carbocycles. The molecule has 1 unspecified atom stereocenters. The molecule has 1 atom stereocenters. The summed E-state index contributed by atoms with van der Waals surface area (Å²) in [5, 5.41) is 3.31. The van der Waals surface area contributed by atoms with Crippen LogP contribution in [-0.2, 0) is 22.5 Å². The third-order valence-electron chi connectivity index (χ3n) is 2.02. The van der Waals surface area contributed by atoms with Crippen molar-refractivity contribution in [1.82, 2.24) is 5.32 Å². The number of amides is 1. The number of carbonyl (C=O) groups excluding carboxylic acids is 1. The molecule has 1 amide bonds. The zero-order chi connectivity index (χ0) is 12.1. The second kappa shape index (κ2) is 6.13. The SMILES string of the molecule is Cc1ccc(CNC(=O)C[S+](C)[O-])c(Cl)c1. The molecule has 5 heteroatoms. The maximum absolute atomic E-state index is 11.3. The van der Waals surface area contributed by atoms with Crippen molar-refractivity contribution in [3.8, 4) is 0 Å². The number of hydrogen-bond acceptors (Lipinski definition) is 2. The van der Waals surface area contributed by atoms with Gasteiger partial charge in [-0.15, -0.1) is 0 Å². The fraction of sp³-hybridized carbons (Fsp3) is 0.364. The summed E-state index contributed by atoms with van der Waals surface area (Å²) < 4.78 is 10.8. The molecule has 0 aliphatic carbocycles. The number of aryl methyl sites for hydroxylation is 1. The van der Waals surface area contributed by atoms with Crippen LogP contribution in [0.2, 0.25) is 5.02 Å². The van der Waals surface area contributed by atoms with E-state index in [4.69, 9.17) is 11.6 Å². The maximum Gasteiger partial charge on any atom is 0.270 e. The minimum atomic E-state index is -1.11. The molecule has 0 radical (unpaired) electrons.